The molecule has 0 saturated heterocycles. The lowest BCUT2D eigenvalue weighted by Crippen LogP contribution is -2.19. The van der Waals surface area contributed by atoms with Gasteiger partial charge in [-0.3, -0.25) is 0 Å². The Labute approximate surface area is 155 Å². The lowest BCUT2D eigenvalue weighted by atomic mass is 9.76. The van der Waals surface area contributed by atoms with Crippen molar-refractivity contribution in [3.05, 3.63) is 94.0 Å². The monoisotopic (exact) mass is 346 g/mol. The third-order valence-electron chi connectivity index (χ3n) is 5.21. The van der Waals surface area contributed by atoms with E-state index in [0.717, 1.165) is 27.8 Å². The first kappa shape index (κ1) is 18.1. The van der Waals surface area contributed by atoms with E-state index < -0.39 is 0 Å². The highest BCUT2D eigenvalue weighted by Gasteiger charge is 2.25. The number of aryl methyl sites for hydroxylation is 2. The second-order valence-electron chi connectivity index (χ2n) is 7.60. The second kappa shape index (κ2) is 6.87. The highest BCUT2D eigenvalue weighted by molar-refractivity contribution is 5.51. The fourth-order valence-corrected chi connectivity index (χ4v) is 3.43. The van der Waals surface area contributed by atoms with Gasteiger partial charge in [-0.1, -0.05) is 74.0 Å². The summed E-state index contributed by atoms with van der Waals surface area (Å²) in [6.07, 6.45) is 0.499. The molecule has 0 aliphatic carbocycles. The molecule has 2 heteroatoms. The van der Waals surface area contributed by atoms with Gasteiger partial charge in [0, 0.05) is 11.8 Å². The van der Waals surface area contributed by atoms with Crippen LogP contribution in [-0.4, -0.2) is 10.2 Å². The Kier molecular flexibility index (Phi) is 4.78. The van der Waals surface area contributed by atoms with Crippen LogP contribution in [-0.2, 0) is 11.8 Å². The minimum absolute atomic E-state index is 0.177. The van der Waals surface area contributed by atoms with Crippen molar-refractivity contribution in [1.29, 1.82) is 0 Å². The summed E-state index contributed by atoms with van der Waals surface area (Å²) in [4.78, 5) is 0. The van der Waals surface area contributed by atoms with E-state index in [1.54, 1.807) is 6.07 Å². The fraction of sp³-hybridized carbons (Fsp3) is 0.250. The normalized spacial score (nSPS) is 11.5. The Morgan fingerprint density at radius 1 is 0.769 bits per heavy atom. The van der Waals surface area contributed by atoms with E-state index in [4.69, 9.17) is 0 Å². The van der Waals surface area contributed by atoms with Crippen LogP contribution in [0.2, 0.25) is 0 Å². The average Bonchev–Trinajstić information content (AvgIpc) is 2.62. The Bertz CT molecular complexity index is 924. The molecule has 2 nitrogen and oxygen atoms in total. The molecule has 0 amide bonds. The summed E-state index contributed by atoms with van der Waals surface area (Å²) in [6.45, 7) is 8.33. The Balaban J connectivity index is 2.06. The number of aromatic hydroxyl groups is 2. The van der Waals surface area contributed by atoms with Crippen molar-refractivity contribution in [2.24, 2.45) is 0 Å². The van der Waals surface area contributed by atoms with Gasteiger partial charge in [-0.05, 0) is 47.7 Å². The maximum atomic E-state index is 10.6. The minimum atomic E-state index is -0.177. The van der Waals surface area contributed by atoms with Crippen molar-refractivity contribution in [3.8, 4) is 11.5 Å². The van der Waals surface area contributed by atoms with Crippen molar-refractivity contribution in [3.63, 3.8) is 0 Å². The van der Waals surface area contributed by atoms with Crippen LogP contribution in [0.4, 0.5) is 0 Å². The second-order valence-corrected chi connectivity index (χ2v) is 7.60. The quantitative estimate of drug-likeness (QED) is 0.642. The van der Waals surface area contributed by atoms with Crippen LogP contribution in [0.25, 0.3) is 0 Å². The van der Waals surface area contributed by atoms with Gasteiger partial charge in [0.05, 0.1) is 0 Å². The van der Waals surface area contributed by atoms with Crippen LogP contribution in [0.5, 0.6) is 11.5 Å². The van der Waals surface area contributed by atoms with Gasteiger partial charge in [0.1, 0.15) is 11.5 Å². The summed E-state index contributed by atoms with van der Waals surface area (Å²) in [6, 6.07) is 20.1. The molecule has 0 aromatic heterocycles. The highest BCUT2D eigenvalue weighted by atomic mass is 16.3. The molecule has 0 radical (unpaired) electrons. The van der Waals surface area contributed by atoms with Gasteiger partial charge in [-0.2, -0.15) is 0 Å². The molecule has 0 saturated carbocycles. The molecule has 0 heterocycles. The van der Waals surface area contributed by atoms with Crippen molar-refractivity contribution in [2.45, 2.75) is 39.5 Å². The zero-order chi connectivity index (χ0) is 18.9. The molecule has 134 valence electrons. The Morgan fingerprint density at radius 2 is 1.46 bits per heavy atom. The summed E-state index contributed by atoms with van der Waals surface area (Å²) in [5, 5.41) is 20.8. The van der Waals surface area contributed by atoms with E-state index in [0.29, 0.717) is 12.2 Å². The fourth-order valence-electron chi connectivity index (χ4n) is 3.43. The van der Waals surface area contributed by atoms with Crippen molar-refractivity contribution in [2.75, 3.05) is 0 Å². The van der Waals surface area contributed by atoms with Crippen molar-refractivity contribution < 1.29 is 10.2 Å². The summed E-state index contributed by atoms with van der Waals surface area (Å²) in [5.41, 5.74) is 5.82. The molecule has 3 rings (SSSR count). The number of benzene rings is 3. The molecule has 0 fully saturated rings. The van der Waals surface area contributed by atoms with Gasteiger partial charge in [-0.15, -0.1) is 0 Å². The molecule has 0 aliphatic heterocycles. The maximum Gasteiger partial charge on any atom is 0.122 e. The van der Waals surface area contributed by atoms with Crippen LogP contribution in [0.15, 0.2) is 60.7 Å². The highest BCUT2D eigenvalue weighted by Crippen LogP contribution is 2.37. The Morgan fingerprint density at radius 3 is 2.15 bits per heavy atom. The zero-order valence-corrected chi connectivity index (χ0v) is 15.9. The van der Waals surface area contributed by atoms with Gasteiger partial charge >= 0.3 is 0 Å². The van der Waals surface area contributed by atoms with Gasteiger partial charge in [-0.25, -0.2) is 0 Å². The van der Waals surface area contributed by atoms with Gasteiger partial charge in [0.15, 0.2) is 0 Å². The van der Waals surface area contributed by atoms with E-state index in [1.165, 1.54) is 5.56 Å². The Hall–Kier alpha value is -2.74. The van der Waals surface area contributed by atoms with Gasteiger partial charge < -0.3 is 10.2 Å². The SMILES string of the molecule is Cc1ccc(O)c(Cc2cc(C(C)(C)c3ccccc3)cc(C)c2O)c1. The van der Waals surface area contributed by atoms with Crippen LogP contribution in [0.3, 0.4) is 0 Å². The molecule has 3 aromatic rings. The number of rotatable bonds is 4. The molecule has 0 atom stereocenters. The summed E-state index contributed by atoms with van der Waals surface area (Å²) in [7, 11) is 0. The van der Waals surface area contributed by atoms with Crippen molar-refractivity contribution >= 4 is 0 Å². The number of phenols is 2. The van der Waals surface area contributed by atoms with Crippen molar-refractivity contribution in [1.82, 2.24) is 0 Å². The van der Waals surface area contributed by atoms with Crippen LogP contribution < -0.4 is 0 Å². The van der Waals surface area contributed by atoms with E-state index >= 15 is 0 Å². The van der Waals surface area contributed by atoms with E-state index in [1.807, 2.05) is 32.0 Å². The largest absolute Gasteiger partial charge is 0.508 e. The first-order valence-corrected chi connectivity index (χ1v) is 8.96. The van der Waals surface area contributed by atoms with E-state index in [2.05, 4.69) is 50.2 Å². The lowest BCUT2D eigenvalue weighted by molar-refractivity contribution is 0.459. The molecule has 26 heavy (non-hydrogen) atoms. The molecule has 2 N–H and O–H groups in total. The standard InChI is InChI=1S/C24H26O2/c1-16-10-11-22(25)18(12-16)14-19-15-21(13-17(2)23(19)26)24(3,4)20-8-6-5-7-9-20/h5-13,15,25-26H,14H2,1-4H3. The number of hydrogen-bond acceptors (Lipinski definition) is 2. The smallest absolute Gasteiger partial charge is 0.122 e. The predicted octanol–water partition coefficient (Wildman–Crippen LogP) is 5.63. The molecule has 0 aliphatic rings. The average molecular weight is 346 g/mol. The molecular weight excluding hydrogens is 320 g/mol. The summed E-state index contributed by atoms with van der Waals surface area (Å²) < 4.78 is 0. The number of phenolic OH excluding ortho intramolecular Hbond substituents is 2. The molecule has 3 aromatic carbocycles. The van der Waals surface area contributed by atoms with E-state index in [9.17, 15) is 10.2 Å². The molecular formula is C24H26O2. The summed E-state index contributed by atoms with van der Waals surface area (Å²) >= 11 is 0. The first-order chi connectivity index (χ1) is 12.3. The van der Waals surface area contributed by atoms with E-state index in [-0.39, 0.29) is 11.2 Å². The third kappa shape index (κ3) is 3.45. The molecule has 0 spiro atoms. The van der Waals surface area contributed by atoms with Crippen LogP contribution in [0, 0.1) is 13.8 Å². The molecule has 0 bridgehead atoms. The number of hydrogen-bond donors (Lipinski definition) is 2. The predicted molar refractivity (Wildman–Crippen MR) is 107 cm³/mol. The third-order valence-corrected chi connectivity index (χ3v) is 5.21. The van der Waals surface area contributed by atoms with Crippen LogP contribution >= 0.6 is 0 Å². The summed E-state index contributed by atoms with van der Waals surface area (Å²) in [5.74, 6) is 0.568. The van der Waals surface area contributed by atoms with Gasteiger partial charge in [0.25, 0.3) is 0 Å². The minimum Gasteiger partial charge on any atom is -0.508 e. The first-order valence-electron chi connectivity index (χ1n) is 8.96. The maximum absolute atomic E-state index is 10.6. The topological polar surface area (TPSA) is 40.5 Å². The van der Waals surface area contributed by atoms with Crippen LogP contribution in [0.1, 0.15) is 47.2 Å². The molecule has 0 unspecified atom stereocenters. The zero-order valence-electron chi connectivity index (χ0n) is 15.9. The lowest BCUT2D eigenvalue weighted by Gasteiger charge is -2.27. The van der Waals surface area contributed by atoms with Gasteiger partial charge in [0.2, 0.25) is 0 Å².